The van der Waals surface area contributed by atoms with Crippen LogP contribution in [0.2, 0.25) is 0 Å². The van der Waals surface area contributed by atoms with Gasteiger partial charge in [0.05, 0.1) is 5.69 Å². The van der Waals surface area contributed by atoms with Crippen molar-refractivity contribution in [2.24, 2.45) is 5.73 Å². The highest BCUT2D eigenvalue weighted by Crippen LogP contribution is 2.18. The quantitative estimate of drug-likeness (QED) is 0.635. The number of carbonyl (C=O) groups is 1. The van der Waals surface area contributed by atoms with E-state index in [4.69, 9.17) is 5.73 Å². The van der Waals surface area contributed by atoms with Gasteiger partial charge in [0, 0.05) is 44.7 Å². The molecular weight excluding hydrogens is 274 g/mol. The Labute approximate surface area is 122 Å². The lowest BCUT2D eigenvalue weighted by Crippen LogP contribution is -2.49. The van der Waals surface area contributed by atoms with Crippen molar-refractivity contribution in [3.8, 4) is 0 Å². The zero-order valence-electron chi connectivity index (χ0n) is 11.9. The summed E-state index contributed by atoms with van der Waals surface area (Å²) in [5.74, 6) is -0.0871. The Kier molecular flexibility index (Phi) is 4.69. The molecule has 0 aliphatic carbocycles. The number of hydrogen-bond acceptors (Lipinski definition) is 6. The average molecular weight is 293 g/mol. The number of anilines is 1. The van der Waals surface area contributed by atoms with Gasteiger partial charge in [-0.1, -0.05) is 0 Å². The Balaban J connectivity index is 1.91. The van der Waals surface area contributed by atoms with Crippen molar-refractivity contribution >= 4 is 17.4 Å². The molecule has 8 nitrogen and oxygen atoms in total. The van der Waals surface area contributed by atoms with Crippen LogP contribution in [0.4, 0.5) is 11.5 Å². The molecule has 1 saturated heterocycles. The maximum atomic E-state index is 11.9. The van der Waals surface area contributed by atoms with Crippen molar-refractivity contribution in [2.45, 2.75) is 19.4 Å². The number of aromatic nitrogens is 1. The smallest absolute Gasteiger partial charge is 0.363 e. The second-order valence-corrected chi connectivity index (χ2v) is 5.18. The van der Waals surface area contributed by atoms with E-state index in [2.05, 4.69) is 9.88 Å². The first-order valence-corrected chi connectivity index (χ1v) is 6.86. The van der Waals surface area contributed by atoms with Gasteiger partial charge in [0.2, 0.25) is 5.91 Å². The molecule has 1 aromatic rings. The number of amides is 1. The molecule has 8 heteroatoms. The molecule has 2 N–H and O–H groups in total. The number of nitrogens with two attached hydrogens (primary N) is 1. The second kappa shape index (κ2) is 6.49. The first-order valence-electron chi connectivity index (χ1n) is 6.86. The molecule has 0 spiro atoms. The molecule has 114 valence electrons. The summed E-state index contributed by atoms with van der Waals surface area (Å²) >= 11 is 0. The third-order valence-corrected chi connectivity index (χ3v) is 3.41. The highest BCUT2D eigenvalue weighted by atomic mass is 16.6. The molecule has 0 aromatic carbocycles. The van der Waals surface area contributed by atoms with Crippen molar-refractivity contribution in [3.05, 3.63) is 28.4 Å². The molecule has 0 bridgehead atoms. The van der Waals surface area contributed by atoms with Crippen LogP contribution in [0.1, 0.15) is 13.3 Å². The number of pyridine rings is 1. The van der Waals surface area contributed by atoms with Crippen molar-refractivity contribution in [3.63, 3.8) is 0 Å². The fourth-order valence-electron chi connectivity index (χ4n) is 2.29. The normalized spacial score (nSPS) is 16.7. The molecule has 1 aliphatic heterocycles. The molecular formula is C13H19N5O3. The van der Waals surface area contributed by atoms with Crippen LogP contribution in [0.15, 0.2) is 18.3 Å². The number of nitrogens with zero attached hydrogens (tertiary/aromatic N) is 4. The van der Waals surface area contributed by atoms with E-state index >= 15 is 0 Å². The summed E-state index contributed by atoms with van der Waals surface area (Å²) in [6.07, 6.45) is 1.86. The van der Waals surface area contributed by atoms with E-state index in [1.54, 1.807) is 11.0 Å². The first kappa shape index (κ1) is 15.2. The molecule has 2 rings (SSSR count). The van der Waals surface area contributed by atoms with E-state index in [0.717, 1.165) is 5.69 Å². The third-order valence-electron chi connectivity index (χ3n) is 3.41. The van der Waals surface area contributed by atoms with E-state index in [-0.39, 0.29) is 17.8 Å². The monoisotopic (exact) mass is 293 g/mol. The minimum Gasteiger partial charge on any atom is -0.365 e. The average Bonchev–Trinajstić information content (AvgIpc) is 2.47. The largest absolute Gasteiger partial charge is 0.365 e. The summed E-state index contributed by atoms with van der Waals surface area (Å²) in [7, 11) is 0. The summed E-state index contributed by atoms with van der Waals surface area (Å²) < 4.78 is 0. The van der Waals surface area contributed by atoms with Crippen LogP contribution in [0.3, 0.4) is 0 Å². The first-order chi connectivity index (χ1) is 9.97. The topological polar surface area (TPSA) is 106 Å². The van der Waals surface area contributed by atoms with Crippen molar-refractivity contribution in [2.75, 3.05) is 31.1 Å². The fraction of sp³-hybridized carbons (Fsp3) is 0.538. The fourth-order valence-corrected chi connectivity index (χ4v) is 2.29. The van der Waals surface area contributed by atoms with Gasteiger partial charge in [-0.25, -0.2) is 0 Å². The molecule has 1 atom stereocenters. The number of hydrogen-bond donors (Lipinski definition) is 1. The molecule has 1 unspecified atom stereocenters. The van der Waals surface area contributed by atoms with Gasteiger partial charge >= 0.3 is 5.82 Å². The zero-order chi connectivity index (χ0) is 15.4. The Morgan fingerprint density at radius 2 is 2.10 bits per heavy atom. The van der Waals surface area contributed by atoms with Gasteiger partial charge in [-0.2, -0.15) is 0 Å². The van der Waals surface area contributed by atoms with Gasteiger partial charge < -0.3 is 25.6 Å². The molecule has 2 heterocycles. The van der Waals surface area contributed by atoms with E-state index in [9.17, 15) is 14.9 Å². The summed E-state index contributed by atoms with van der Waals surface area (Å²) in [5, 5.41) is 10.6. The number of rotatable bonds is 4. The van der Waals surface area contributed by atoms with Crippen LogP contribution in [0.25, 0.3) is 0 Å². The maximum absolute atomic E-state index is 11.9. The van der Waals surface area contributed by atoms with E-state index < -0.39 is 4.92 Å². The highest BCUT2D eigenvalue weighted by Gasteiger charge is 2.22. The van der Waals surface area contributed by atoms with Crippen LogP contribution < -0.4 is 10.6 Å². The van der Waals surface area contributed by atoms with Crippen molar-refractivity contribution in [1.82, 2.24) is 9.88 Å². The molecule has 21 heavy (non-hydrogen) atoms. The Hall–Kier alpha value is -2.22. The molecule has 1 aromatic heterocycles. The summed E-state index contributed by atoms with van der Waals surface area (Å²) in [5.41, 5.74) is 6.47. The SMILES string of the molecule is CC(N)CC(=O)N1CCN(c2ccc([N+](=O)[O-])nc2)CC1. The molecule has 0 radical (unpaired) electrons. The van der Waals surface area contributed by atoms with Crippen LogP contribution in [0, 0.1) is 10.1 Å². The summed E-state index contributed by atoms with van der Waals surface area (Å²) in [6.45, 7) is 4.44. The number of piperazine rings is 1. The standard InChI is InChI=1S/C13H19N5O3/c1-10(14)8-13(19)17-6-4-16(5-7-17)11-2-3-12(15-9-11)18(20)21/h2-3,9-10H,4-8,14H2,1H3. The van der Waals surface area contributed by atoms with Crippen molar-refractivity contribution < 1.29 is 9.72 Å². The van der Waals surface area contributed by atoms with Crippen LogP contribution in [-0.2, 0) is 4.79 Å². The second-order valence-electron chi connectivity index (χ2n) is 5.18. The van der Waals surface area contributed by atoms with E-state index in [1.807, 2.05) is 6.92 Å². The van der Waals surface area contributed by atoms with Gasteiger partial charge in [0.15, 0.2) is 6.20 Å². The predicted octanol–water partition coefficient (Wildman–Crippen LogP) is 0.376. The molecule has 1 fully saturated rings. The number of carbonyl (C=O) groups excluding carboxylic acids is 1. The van der Waals surface area contributed by atoms with E-state index in [0.29, 0.717) is 32.6 Å². The predicted molar refractivity (Wildman–Crippen MR) is 78.0 cm³/mol. The Bertz CT molecular complexity index is 509. The minimum atomic E-state index is -0.519. The van der Waals surface area contributed by atoms with E-state index in [1.165, 1.54) is 12.3 Å². The summed E-state index contributed by atoms with van der Waals surface area (Å²) in [4.78, 5) is 29.6. The molecule has 1 amide bonds. The van der Waals surface area contributed by atoms with Gasteiger partial charge in [-0.15, -0.1) is 0 Å². The van der Waals surface area contributed by atoms with Gasteiger partial charge in [-0.3, -0.25) is 4.79 Å². The zero-order valence-corrected chi connectivity index (χ0v) is 11.9. The minimum absolute atomic E-state index is 0.0754. The summed E-state index contributed by atoms with van der Waals surface area (Å²) in [6, 6.07) is 2.95. The van der Waals surface area contributed by atoms with Crippen molar-refractivity contribution in [1.29, 1.82) is 0 Å². The Morgan fingerprint density at radius 1 is 1.43 bits per heavy atom. The lowest BCUT2D eigenvalue weighted by atomic mass is 10.2. The highest BCUT2D eigenvalue weighted by molar-refractivity contribution is 5.77. The third kappa shape index (κ3) is 3.88. The molecule has 1 aliphatic rings. The lowest BCUT2D eigenvalue weighted by molar-refractivity contribution is -0.389. The van der Waals surface area contributed by atoms with Gasteiger partial charge in [-0.05, 0) is 22.9 Å². The van der Waals surface area contributed by atoms with Crippen LogP contribution in [-0.4, -0.2) is 52.9 Å². The van der Waals surface area contributed by atoms with Crippen LogP contribution in [0.5, 0.6) is 0 Å². The number of nitro groups is 1. The van der Waals surface area contributed by atoms with Gasteiger partial charge in [0.25, 0.3) is 0 Å². The lowest BCUT2D eigenvalue weighted by Gasteiger charge is -2.35. The van der Waals surface area contributed by atoms with Crippen LogP contribution >= 0.6 is 0 Å². The Morgan fingerprint density at radius 3 is 2.57 bits per heavy atom. The van der Waals surface area contributed by atoms with Gasteiger partial charge in [0.1, 0.15) is 0 Å². The molecule has 0 saturated carbocycles. The maximum Gasteiger partial charge on any atom is 0.363 e.